The van der Waals surface area contributed by atoms with Gasteiger partial charge >= 0.3 is 0 Å². The quantitative estimate of drug-likeness (QED) is 0.820. The lowest BCUT2D eigenvalue weighted by molar-refractivity contribution is -0.0289. The van der Waals surface area contributed by atoms with Gasteiger partial charge in [-0.25, -0.2) is 0 Å². The molecule has 0 bridgehead atoms. The minimum atomic E-state index is 0.367. The smallest absolute Gasteiger partial charge is 0.0747 e. The molecule has 3 nitrogen and oxygen atoms in total. The largest absolute Gasteiger partial charge is 0.374 e. The van der Waals surface area contributed by atoms with Crippen molar-refractivity contribution in [3.63, 3.8) is 0 Å². The molecule has 2 heterocycles. The van der Waals surface area contributed by atoms with Gasteiger partial charge in [0.25, 0.3) is 0 Å². The Morgan fingerprint density at radius 2 is 2.00 bits per heavy atom. The number of likely N-dealkylation sites (tertiary alicyclic amines) is 1. The first-order valence-electron chi connectivity index (χ1n) is 7.23. The first-order chi connectivity index (χ1) is 8.11. The summed E-state index contributed by atoms with van der Waals surface area (Å²) in [5, 5.41) is 0. The van der Waals surface area contributed by atoms with Crippen molar-refractivity contribution in [1.29, 1.82) is 0 Å². The molecule has 2 N–H and O–H groups in total. The van der Waals surface area contributed by atoms with Crippen LogP contribution in [0.15, 0.2) is 0 Å². The van der Waals surface area contributed by atoms with Crippen LogP contribution in [0.4, 0.5) is 0 Å². The second-order valence-corrected chi connectivity index (χ2v) is 6.08. The van der Waals surface area contributed by atoms with Crippen molar-refractivity contribution in [3.05, 3.63) is 0 Å². The summed E-state index contributed by atoms with van der Waals surface area (Å²) in [6, 6.07) is 1.09. The molecular formula is C14H28N2O. The Morgan fingerprint density at radius 1 is 1.24 bits per heavy atom. The fourth-order valence-corrected chi connectivity index (χ4v) is 3.54. The lowest BCUT2D eigenvalue weighted by atomic mass is 9.90. The van der Waals surface area contributed by atoms with Crippen LogP contribution in [0.25, 0.3) is 0 Å². The Hall–Kier alpha value is -0.120. The van der Waals surface area contributed by atoms with Crippen molar-refractivity contribution in [2.24, 2.45) is 11.7 Å². The van der Waals surface area contributed by atoms with Gasteiger partial charge in [-0.1, -0.05) is 6.92 Å². The SMILES string of the molecule is CC1CCN(C(CN)C2CCC(C)O2)C(C)C1. The average Bonchev–Trinajstić information content (AvgIpc) is 2.69. The number of nitrogens with zero attached hydrogens (tertiary/aromatic N) is 1. The van der Waals surface area contributed by atoms with Gasteiger partial charge in [-0.3, -0.25) is 4.90 Å². The summed E-state index contributed by atoms with van der Waals surface area (Å²) in [4.78, 5) is 2.60. The summed E-state index contributed by atoms with van der Waals surface area (Å²) in [7, 11) is 0. The van der Waals surface area contributed by atoms with Gasteiger partial charge in [0, 0.05) is 18.6 Å². The summed E-state index contributed by atoms with van der Waals surface area (Å²) >= 11 is 0. The minimum Gasteiger partial charge on any atom is -0.374 e. The van der Waals surface area contributed by atoms with E-state index in [0.29, 0.717) is 24.3 Å². The summed E-state index contributed by atoms with van der Waals surface area (Å²) in [5.74, 6) is 0.864. The second-order valence-electron chi connectivity index (χ2n) is 6.08. The minimum absolute atomic E-state index is 0.367. The van der Waals surface area contributed by atoms with E-state index in [1.54, 1.807) is 0 Å². The molecule has 2 aliphatic heterocycles. The summed E-state index contributed by atoms with van der Waals surface area (Å²) in [5.41, 5.74) is 6.00. The summed E-state index contributed by atoms with van der Waals surface area (Å²) < 4.78 is 6.02. The zero-order valence-corrected chi connectivity index (χ0v) is 11.6. The third-order valence-corrected chi connectivity index (χ3v) is 4.55. The Morgan fingerprint density at radius 3 is 2.53 bits per heavy atom. The molecule has 0 aliphatic carbocycles. The number of rotatable bonds is 3. The molecule has 2 rings (SSSR count). The molecule has 2 fully saturated rings. The molecule has 0 aromatic carbocycles. The first-order valence-corrected chi connectivity index (χ1v) is 7.23. The average molecular weight is 240 g/mol. The Balaban J connectivity index is 1.97. The zero-order chi connectivity index (χ0) is 12.4. The maximum Gasteiger partial charge on any atom is 0.0747 e. The third kappa shape index (κ3) is 3.01. The molecule has 17 heavy (non-hydrogen) atoms. The van der Waals surface area contributed by atoms with Crippen LogP contribution in [0.2, 0.25) is 0 Å². The molecule has 0 radical (unpaired) electrons. The highest BCUT2D eigenvalue weighted by molar-refractivity contribution is 4.90. The number of piperidine rings is 1. The van der Waals surface area contributed by atoms with Crippen molar-refractivity contribution < 1.29 is 4.74 Å². The van der Waals surface area contributed by atoms with Crippen LogP contribution >= 0.6 is 0 Å². The molecule has 3 heteroatoms. The van der Waals surface area contributed by atoms with Crippen molar-refractivity contribution in [1.82, 2.24) is 4.90 Å². The number of nitrogens with two attached hydrogens (primary N) is 1. The summed E-state index contributed by atoms with van der Waals surface area (Å²) in [6.07, 6.45) is 5.78. The van der Waals surface area contributed by atoms with Crippen molar-refractivity contribution >= 4 is 0 Å². The van der Waals surface area contributed by atoms with Crippen LogP contribution in [-0.2, 0) is 4.74 Å². The predicted octanol–water partition coefficient (Wildman–Crippen LogP) is 2.00. The molecule has 0 saturated carbocycles. The number of hydrogen-bond acceptors (Lipinski definition) is 3. The van der Waals surface area contributed by atoms with Crippen molar-refractivity contribution in [2.75, 3.05) is 13.1 Å². The van der Waals surface area contributed by atoms with E-state index in [2.05, 4.69) is 25.7 Å². The highest BCUT2D eigenvalue weighted by atomic mass is 16.5. The van der Waals surface area contributed by atoms with E-state index in [-0.39, 0.29) is 0 Å². The third-order valence-electron chi connectivity index (χ3n) is 4.55. The molecule has 0 amide bonds. The molecule has 2 saturated heterocycles. The fraction of sp³-hybridized carbons (Fsp3) is 1.00. The number of hydrogen-bond donors (Lipinski definition) is 1. The molecule has 0 aromatic rings. The normalized spacial score (nSPS) is 41.6. The highest BCUT2D eigenvalue weighted by Gasteiger charge is 2.36. The molecule has 100 valence electrons. The monoisotopic (exact) mass is 240 g/mol. The van der Waals surface area contributed by atoms with E-state index in [9.17, 15) is 0 Å². The lowest BCUT2D eigenvalue weighted by Crippen LogP contribution is -2.54. The zero-order valence-electron chi connectivity index (χ0n) is 11.6. The van der Waals surface area contributed by atoms with Crippen LogP contribution < -0.4 is 5.73 Å². The Bertz CT molecular complexity index is 246. The standard InChI is InChI=1S/C14H28N2O/c1-10-6-7-16(11(2)8-10)13(9-15)14-5-4-12(3)17-14/h10-14H,4-9,15H2,1-3H3. The van der Waals surface area contributed by atoms with Gasteiger partial charge in [-0.15, -0.1) is 0 Å². The van der Waals surface area contributed by atoms with Gasteiger partial charge in [0.2, 0.25) is 0 Å². The summed E-state index contributed by atoms with van der Waals surface area (Å²) in [6.45, 7) is 8.81. The van der Waals surface area contributed by atoms with Gasteiger partial charge < -0.3 is 10.5 Å². The second kappa shape index (κ2) is 5.68. The Labute approximate surface area is 106 Å². The van der Waals surface area contributed by atoms with Crippen LogP contribution in [-0.4, -0.2) is 42.3 Å². The lowest BCUT2D eigenvalue weighted by Gasteiger charge is -2.43. The van der Waals surface area contributed by atoms with Crippen molar-refractivity contribution in [2.45, 2.75) is 70.7 Å². The highest BCUT2D eigenvalue weighted by Crippen LogP contribution is 2.29. The van der Waals surface area contributed by atoms with E-state index in [1.165, 1.54) is 32.2 Å². The van der Waals surface area contributed by atoms with Crippen LogP contribution in [0.5, 0.6) is 0 Å². The van der Waals surface area contributed by atoms with E-state index in [1.807, 2.05) is 0 Å². The molecule has 0 aromatic heterocycles. The van der Waals surface area contributed by atoms with Crippen LogP contribution in [0.3, 0.4) is 0 Å². The maximum atomic E-state index is 6.02. The van der Waals surface area contributed by atoms with E-state index in [4.69, 9.17) is 10.5 Å². The van der Waals surface area contributed by atoms with Gasteiger partial charge in [-0.2, -0.15) is 0 Å². The van der Waals surface area contributed by atoms with Gasteiger partial charge in [-0.05, 0) is 52.0 Å². The predicted molar refractivity (Wildman–Crippen MR) is 71.0 cm³/mol. The maximum absolute atomic E-state index is 6.02. The van der Waals surface area contributed by atoms with E-state index < -0.39 is 0 Å². The molecule has 5 atom stereocenters. The van der Waals surface area contributed by atoms with Gasteiger partial charge in [0.05, 0.1) is 12.2 Å². The molecular weight excluding hydrogens is 212 g/mol. The molecule has 0 spiro atoms. The van der Waals surface area contributed by atoms with Crippen molar-refractivity contribution in [3.8, 4) is 0 Å². The first kappa shape index (κ1) is 13.3. The van der Waals surface area contributed by atoms with Crippen LogP contribution in [0, 0.1) is 5.92 Å². The van der Waals surface area contributed by atoms with E-state index >= 15 is 0 Å². The fourth-order valence-electron chi connectivity index (χ4n) is 3.54. The Kier molecular flexibility index (Phi) is 4.45. The van der Waals surface area contributed by atoms with Gasteiger partial charge in [0.1, 0.15) is 0 Å². The van der Waals surface area contributed by atoms with Gasteiger partial charge in [0.15, 0.2) is 0 Å². The topological polar surface area (TPSA) is 38.5 Å². The van der Waals surface area contributed by atoms with Crippen LogP contribution in [0.1, 0.15) is 46.5 Å². The number of ether oxygens (including phenoxy) is 1. The molecule has 2 aliphatic rings. The van der Waals surface area contributed by atoms with E-state index in [0.717, 1.165) is 12.5 Å². The molecule has 5 unspecified atom stereocenters.